The van der Waals surface area contributed by atoms with Crippen LogP contribution in [0.15, 0.2) is 42.5 Å². The predicted molar refractivity (Wildman–Crippen MR) is 109 cm³/mol. The molecule has 0 radical (unpaired) electrons. The summed E-state index contributed by atoms with van der Waals surface area (Å²) >= 11 is 0. The summed E-state index contributed by atoms with van der Waals surface area (Å²) in [5, 5.41) is 13.8. The Kier molecular flexibility index (Phi) is 6.29. The van der Waals surface area contributed by atoms with E-state index in [1.54, 1.807) is 18.2 Å². The first-order chi connectivity index (χ1) is 14.0. The second-order valence-electron chi connectivity index (χ2n) is 6.64. The number of fused-ring (bicyclic) bond motifs is 1. The van der Waals surface area contributed by atoms with Crippen molar-refractivity contribution in [2.45, 2.75) is 12.0 Å². The maximum atomic E-state index is 12.3. The summed E-state index contributed by atoms with van der Waals surface area (Å²) in [5.74, 6) is 1.80. The fourth-order valence-electron chi connectivity index (χ4n) is 3.29. The van der Waals surface area contributed by atoms with E-state index in [2.05, 4.69) is 5.32 Å². The van der Waals surface area contributed by atoms with E-state index >= 15 is 0 Å². The first kappa shape index (κ1) is 20.5. The molecule has 0 fully saturated rings. The summed E-state index contributed by atoms with van der Waals surface area (Å²) in [6, 6.07) is 10.8. The standard InChI is InChI=1S/C22H25NO6/c1-26-18-12-15(13-19(27-2)21(18)28-3)8-9-20(24)23-14-22(25)10-11-29-17-7-5-4-6-16(17)22/h4-9,12-13,25H,10-11,14H2,1-3H3,(H,23,24)/b9-8+. The van der Waals surface area contributed by atoms with Gasteiger partial charge in [0.2, 0.25) is 11.7 Å². The molecular weight excluding hydrogens is 374 g/mol. The van der Waals surface area contributed by atoms with Gasteiger partial charge in [0.1, 0.15) is 11.4 Å². The molecule has 1 atom stereocenters. The zero-order chi connectivity index (χ0) is 20.9. The number of hydrogen-bond donors (Lipinski definition) is 2. The lowest BCUT2D eigenvalue weighted by Crippen LogP contribution is -2.43. The number of benzene rings is 2. The molecule has 7 nitrogen and oxygen atoms in total. The van der Waals surface area contributed by atoms with Gasteiger partial charge >= 0.3 is 0 Å². The van der Waals surface area contributed by atoms with Crippen LogP contribution < -0.4 is 24.3 Å². The van der Waals surface area contributed by atoms with Crippen LogP contribution in [0.1, 0.15) is 17.5 Å². The maximum absolute atomic E-state index is 12.3. The van der Waals surface area contributed by atoms with Crippen LogP contribution in [0.4, 0.5) is 0 Å². The van der Waals surface area contributed by atoms with Gasteiger partial charge in [-0.3, -0.25) is 4.79 Å². The number of aliphatic hydroxyl groups is 1. The van der Waals surface area contributed by atoms with E-state index in [1.807, 2.05) is 24.3 Å². The van der Waals surface area contributed by atoms with Crippen molar-refractivity contribution in [3.05, 3.63) is 53.6 Å². The lowest BCUT2D eigenvalue weighted by atomic mass is 9.88. The Labute approximate surface area is 169 Å². The number of amides is 1. The Morgan fingerprint density at radius 2 is 1.86 bits per heavy atom. The third-order valence-electron chi connectivity index (χ3n) is 4.83. The van der Waals surface area contributed by atoms with Gasteiger partial charge in [-0.05, 0) is 29.8 Å². The van der Waals surface area contributed by atoms with Crippen LogP contribution in [-0.4, -0.2) is 45.5 Å². The lowest BCUT2D eigenvalue weighted by molar-refractivity contribution is -0.118. The van der Waals surface area contributed by atoms with E-state index in [-0.39, 0.29) is 12.5 Å². The second-order valence-corrected chi connectivity index (χ2v) is 6.64. The van der Waals surface area contributed by atoms with Crippen LogP contribution in [0.5, 0.6) is 23.0 Å². The van der Waals surface area contributed by atoms with Crippen molar-refractivity contribution in [1.29, 1.82) is 0 Å². The van der Waals surface area contributed by atoms with Crippen molar-refractivity contribution in [3.8, 4) is 23.0 Å². The number of carbonyl (C=O) groups is 1. The number of ether oxygens (including phenoxy) is 4. The highest BCUT2D eigenvalue weighted by molar-refractivity contribution is 5.92. The molecule has 0 saturated heterocycles. The van der Waals surface area contributed by atoms with Gasteiger partial charge in [0.15, 0.2) is 11.5 Å². The summed E-state index contributed by atoms with van der Waals surface area (Å²) in [7, 11) is 4.59. The van der Waals surface area contributed by atoms with Gasteiger partial charge in [-0.1, -0.05) is 18.2 Å². The lowest BCUT2D eigenvalue weighted by Gasteiger charge is -2.34. The molecule has 0 spiro atoms. The minimum absolute atomic E-state index is 0.0891. The van der Waals surface area contributed by atoms with Crippen molar-refractivity contribution in [1.82, 2.24) is 5.32 Å². The van der Waals surface area contributed by atoms with E-state index in [1.165, 1.54) is 27.4 Å². The zero-order valence-electron chi connectivity index (χ0n) is 16.7. The molecule has 1 amide bonds. The van der Waals surface area contributed by atoms with Crippen molar-refractivity contribution in [2.24, 2.45) is 0 Å². The van der Waals surface area contributed by atoms with E-state index < -0.39 is 5.60 Å². The smallest absolute Gasteiger partial charge is 0.244 e. The average molecular weight is 399 g/mol. The van der Waals surface area contributed by atoms with Crippen LogP contribution in [0.3, 0.4) is 0 Å². The maximum Gasteiger partial charge on any atom is 0.244 e. The third-order valence-corrected chi connectivity index (χ3v) is 4.83. The van der Waals surface area contributed by atoms with Gasteiger partial charge in [-0.25, -0.2) is 0 Å². The minimum Gasteiger partial charge on any atom is -0.493 e. The molecule has 3 rings (SSSR count). The SMILES string of the molecule is COc1cc(/C=C/C(=O)NCC2(O)CCOc3ccccc32)cc(OC)c1OC. The van der Waals surface area contributed by atoms with Crippen molar-refractivity contribution in [2.75, 3.05) is 34.5 Å². The minimum atomic E-state index is -1.16. The molecule has 2 aromatic rings. The van der Waals surface area contributed by atoms with Crippen LogP contribution in [0.25, 0.3) is 6.08 Å². The topological polar surface area (TPSA) is 86.3 Å². The number of methoxy groups -OCH3 is 3. The molecule has 0 saturated carbocycles. The second kappa shape index (κ2) is 8.87. The summed E-state index contributed by atoms with van der Waals surface area (Å²) < 4.78 is 21.5. The molecule has 1 heterocycles. The molecule has 1 aliphatic rings. The molecule has 2 N–H and O–H groups in total. The number of nitrogens with one attached hydrogen (secondary N) is 1. The Hall–Kier alpha value is -3.19. The summed E-state index contributed by atoms with van der Waals surface area (Å²) in [5.41, 5.74) is 0.232. The van der Waals surface area contributed by atoms with Gasteiger partial charge in [0.05, 0.1) is 34.5 Å². The number of hydrogen-bond acceptors (Lipinski definition) is 6. The number of para-hydroxylation sites is 1. The molecule has 0 bridgehead atoms. The molecule has 7 heteroatoms. The molecule has 0 aromatic heterocycles. The highest BCUT2D eigenvalue weighted by Gasteiger charge is 2.35. The van der Waals surface area contributed by atoms with Gasteiger partial charge in [0.25, 0.3) is 0 Å². The number of carbonyl (C=O) groups excluding carboxylic acids is 1. The van der Waals surface area contributed by atoms with Crippen LogP contribution in [-0.2, 0) is 10.4 Å². The monoisotopic (exact) mass is 399 g/mol. The molecular formula is C22H25NO6. The zero-order valence-corrected chi connectivity index (χ0v) is 16.7. The Morgan fingerprint density at radius 1 is 1.17 bits per heavy atom. The normalized spacial score (nSPS) is 17.9. The first-order valence-electron chi connectivity index (χ1n) is 9.21. The van der Waals surface area contributed by atoms with Gasteiger partial charge in [-0.15, -0.1) is 0 Å². The van der Waals surface area contributed by atoms with Crippen molar-refractivity contribution < 1.29 is 28.8 Å². The summed E-state index contributed by atoms with van der Waals surface area (Å²) in [6.45, 7) is 0.483. The largest absolute Gasteiger partial charge is 0.493 e. The Bertz CT molecular complexity index is 885. The Morgan fingerprint density at radius 3 is 2.52 bits per heavy atom. The van der Waals surface area contributed by atoms with Crippen LogP contribution in [0, 0.1) is 0 Å². The van der Waals surface area contributed by atoms with Gasteiger partial charge in [-0.2, -0.15) is 0 Å². The molecule has 0 aliphatic carbocycles. The fraction of sp³-hybridized carbons (Fsp3) is 0.318. The number of rotatable bonds is 7. The molecule has 2 aromatic carbocycles. The van der Waals surface area contributed by atoms with E-state index in [9.17, 15) is 9.90 Å². The molecule has 1 aliphatic heterocycles. The first-order valence-corrected chi connectivity index (χ1v) is 9.21. The van der Waals surface area contributed by atoms with E-state index in [0.29, 0.717) is 47.2 Å². The average Bonchev–Trinajstić information content (AvgIpc) is 2.75. The fourth-order valence-corrected chi connectivity index (χ4v) is 3.29. The highest BCUT2D eigenvalue weighted by atomic mass is 16.5. The molecule has 29 heavy (non-hydrogen) atoms. The summed E-state index contributed by atoms with van der Waals surface area (Å²) in [4.78, 5) is 12.3. The van der Waals surface area contributed by atoms with Gasteiger partial charge < -0.3 is 29.4 Å². The predicted octanol–water partition coefficient (Wildman–Crippen LogP) is 2.51. The van der Waals surface area contributed by atoms with E-state index in [4.69, 9.17) is 18.9 Å². The van der Waals surface area contributed by atoms with Crippen molar-refractivity contribution in [3.63, 3.8) is 0 Å². The van der Waals surface area contributed by atoms with Crippen molar-refractivity contribution >= 4 is 12.0 Å². The van der Waals surface area contributed by atoms with Crippen LogP contribution in [0.2, 0.25) is 0 Å². The quantitative estimate of drug-likeness (QED) is 0.696. The Balaban J connectivity index is 1.70. The summed E-state index contributed by atoms with van der Waals surface area (Å²) in [6.07, 6.45) is 3.44. The molecule has 154 valence electrons. The van der Waals surface area contributed by atoms with Crippen LogP contribution >= 0.6 is 0 Å². The molecule has 1 unspecified atom stereocenters. The van der Waals surface area contributed by atoms with E-state index in [0.717, 1.165) is 0 Å². The van der Waals surface area contributed by atoms with Gasteiger partial charge in [0, 0.05) is 18.1 Å². The third kappa shape index (κ3) is 4.46. The highest BCUT2D eigenvalue weighted by Crippen LogP contribution is 2.38.